The minimum absolute atomic E-state index is 0.0692. The average molecular weight is 363 g/mol. The van der Waals surface area contributed by atoms with E-state index in [1.165, 1.54) is 0 Å². The zero-order chi connectivity index (χ0) is 18.3. The van der Waals surface area contributed by atoms with Crippen LogP contribution in [0.25, 0.3) is 0 Å². The summed E-state index contributed by atoms with van der Waals surface area (Å²) in [6.07, 6.45) is 1.19. The Hall–Kier alpha value is -1.01. The zero-order valence-electron chi connectivity index (χ0n) is 16.0. The second-order valence-electron chi connectivity index (χ2n) is 8.98. The van der Waals surface area contributed by atoms with Gasteiger partial charge in [0.05, 0.1) is 12.7 Å². The highest BCUT2D eigenvalue weighted by atomic mass is 28.4. The Balaban J connectivity index is 1.72. The van der Waals surface area contributed by atoms with Crippen molar-refractivity contribution in [3.8, 4) is 0 Å². The molecule has 4 nitrogen and oxygen atoms in total. The van der Waals surface area contributed by atoms with E-state index in [2.05, 4.69) is 33.9 Å². The first-order valence-electron chi connectivity index (χ1n) is 9.14. The van der Waals surface area contributed by atoms with Gasteiger partial charge in [0.1, 0.15) is 11.4 Å². The number of Topliss-reactive ketones (excluding diaryl/α,β-unsaturated/α-hetero) is 1. The van der Waals surface area contributed by atoms with Crippen LogP contribution in [0, 0.1) is 0 Å². The molecule has 1 aromatic rings. The van der Waals surface area contributed by atoms with Crippen LogP contribution in [0.2, 0.25) is 18.1 Å². The first-order valence-corrected chi connectivity index (χ1v) is 12.1. The topological polar surface area (TPSA) is 44.8 Å². The van der Waals surface area contributed by atoms with Crippen LogP contribution >= 0.6 is 0 Å². The van der Waals surface area contributed by atoms with E-state index in [-0.39, 0.29) is 23.2 Å². The second kappa shape index (κ2) is 6.61. The standard InChI is InChI=1S/C20H30O4Si/c1-19(2,3)25(4,5)24-17-11-16(21)12-20(13-17)14-22-18(23-20)15-9-7-6-8-10-15/h6-10,17-18H,11-14H2,1-5H3/t17?,18-,20+/m1/s1. The van der Waals surface area contributed by atoms with Crippen molar-refractivity contribution in [2.24, 2.45) is 0 Å². The summed E-state index contributed by atoms with van der Waals surface area (Å²) < 4.78 is 18.7. The average Bonchev–Trinajstić information content (AvgIpc) is 2.89. The van der Waals surface area contributed by atoms with Gasteiger partial charge in [0.15, 0.2) is 14.6 Å². The van der Waals surface area contributed by atoms with Gasteiger partial charge in [-0.3, -0.25) is 4.79 Å². The first-order chi connectivity index (χ1) is 11.6. The van der Waals surface area contributed by atoms with Crippen molar-refractivity contribution in [2.75, 3.05) is 6.61 Å². The second-order valence-corrected chi connectivity index (χ2v) is 13.7. The number of hydrogen-bond acceptors (Lipinski definition) is 4. The maximum Gasteiger partial charge on any atom is 0.192 e. The molecule has 1 saturated heterocycles. The maximum absolute atomic E-state index is 12.4. The van der Waals surface area contributed by atoms with Crippen molar-refractivity contribution >= 4 is 14.1 Å². The van der Waals surface area contributed by atoms with Gasteiger partial charge in [0.2, 0.25) is 0 Å². The van der Waals surface area contributed by atoms with Crippen molar-refractivity contribution in [2.45, 2.75) is 76.2 Å². The predicted molar refractivity (Wildman–Crippen MR) is 99.9 cm³/mol. The Bertz CT molecular complexity index is 622. The molecule has 2 aliphatic rings. The molecule has 3 rings (SSSR count). The number of hydrogen-bond donors (Lipinski definition) is 0. The molecule has 1 heterocycles. The predicted octanol–water partition coefficient (Wildman–Crippen LogP) is 4.61. The Morgan fingerprint density at radius 3 is 2.52 bits per heavy atom. The normalized spacial score (nSPS) is 30.8. The van der Waals surface area contributed by atoms with Crippen molar-refractivity contribution in [1.29, 1.82) is 0 Å². The van der Waals surface area contributed by atoms with E-state index in [1.807, 2.05) is 30.3 Å². The van der Waals surface area contributed by atoms with Gasteiger partial charge >= 0.3 is 0 Å². The maximum atomic E-state index is 12.4. The lowest BCUT2D eigenvalue weighted by atomic mass is 9.83. The van der Waals surface area contributed by atoms with Crippen LogP contribution in [0.15, 0.2) is 30.3 Å². The van der Waals surface area contributed by atoms with Crippen molar-refractivity contribution in [1.82, 2.24) is 0 Å². The van der Waals surface area contributed by atoms with Crippen LogP contribution in [0.5, 0.6) is 0 Å². The molecule has 0 N–H and O–H groups in total. The van der Waals surface area contributed by atoms with Crippen LogP contribution in [-0.4, -0.2) is 32.4 Å². The van der Waals surface area contributed by atoms with E-state index in [1.54, 1.807) is 0 Å². The lowest BCUT2D eigenvalue weighted by Gasteiger charge is -2.43. The van der Waals surface area contributed by atoms with E-state index in [4.69, 9.17) is 13.9 Å². The van der Waals surface area contributed by atoms with Crippen LogP contribution in [-0.2, 0) is 18.7 Å². The quantitative estimate of drug-likeness (QED) is 0.736. The van der Waals surface area contributed by atoms with Gasteiger partial charge in [0, 0.05) is 24.8 Å². The third-order valence-corrected chi connectivity index (χ3v) is 10.3. The lowest BCUT2D eigenvalue weighted by Crippen LogP contribution is -2.50. The fourth-order valence-corrected chi connectivity index (χ4v) is 4.77. The molecular formula is C20H30O4Si. The molecule has 1 aromatic carbocycles. The van der Waals surface area contributed by atoms with Crippen molar-refractivity contribution in [3.63, 3.8) is 0 Å². The number of rotatable bonds is 3. The molecule has 0 amide bonds. The molecule has 138 valence electrons. The summed E-state index contributed by atoms with van der Waals surface area (Å²) in [5.41, 5.74) is 0.460. The van der Waals surface area contributed by atoms with E-state index < -0.39 is 13.9 Å². The summed E-state index contributed by atoms with van der Waals surface area (Å²) in [6, 6.07) is 9.92. The van der Waals surface area contributed by atoms with Gasteiger partial charge in [-0.05, 0) is 18.1 Å². The Morgan fingerprint density at radius 1 is 1.20 bits per heavy atom. The molecular weight excluding hydrogens is 332 g/mol. The van der Waals surface area contributed by atoms with E-state index in [0.717, 1.165) is 12.0 Å². The monoisotopic (exact) mass is 362 g/mol. The molecule has 1 aliphatic carbocycles. The van der Waals surface area contributed by atoms with Crippen LogP contribution in [0.3, 0.4) is 0 Å². The molecule has 0 aromatic heterocycles. The lowest BCUT2D eigenvalue weighted by molar-refractivity contribution is -0.142. The molecule has 1 aliphatic heterocycles. The van der Waals surface area contributed by atoms with Gasteiger partial charge in [-0.1, -0.05) is 51.1 Å². The largest absolute Gasteiger partial charge is 0.413 e. The van der Waals surface area contributed by atoms with E-state index >= 15 is 0 Å². The zero-order valence-corrected chi connectivity index (χ0v) is 17.0. The van der Waals surface area contributed by atoms with Crippen LogP contribution in [0.4, 0.5) is 0 Å². The number of ether oxygens (including phenoxy) is 2. The minimum atomic E-state index is -1.92. The highest BCUT2D eigenvalue weighted by molar-refractivity contribution is 6.74. The fraction of sp³-hybridized carbons (Fsp3) is 0.650. The van der Waals surface area contributed by atoms with Gasteiger partial charge in [0.25, 0.3) is 0 Å². The summed E-state index contributed by atoms with van der Waals surface area (Å²) >= 11 is 0. The first kappa shape index (κ1) is 18.8. The number of ketones is 1. The van der Waals surface area contributed by atoms with Crippen molar-refractivity contribution in [3.05, 3.63) is 35.9 Å². The third kappa shape index (κ3) is 4.05. The van der Waals surface area contributed by atoms with Crippen LogP contribution in [0.1, 0.15) is 51.9 Å². The summed E-state index contributed by atoms with van der Waals surface area (Å²) in [5, 5.41) is 0.125. The summed E-state index contributed by atoms with van der Waals surface area (Å²) in [4.78, 5) is 12.4. The molecule has 2 fully saturated rings. The Labute approximate surface area is 152 Å². The smallest absolute Gasteiger partial charge is 0.192 e. The highest BCUT2D eigenvalue weighted by Crippen LogP contribution is 2.44. The van der Waals surface area contributed by atoms with Crippen molar-refractivity contribution < 1.29 is 18.7 Å². The van der Waals surface area contributed by atoms with E-state index in [9.17, 15) is 4.79 Å². The minimum Gasteiger partial charge on any atom is -0.413 e. The SMILES string of the molecule is CC(C)(C)[Si](C)(C)OC1CC(=O)C[C@@]2(CO[C@@H](c3ccccc3)O2)C1. The van der Waals surface area contributed by atoms with Gasteiger partial charge < -0.3 is 13.9 Å². The highest BCUT2D eigenvalue weighted by Gasteiger charge is 2.50. The van der Waals surface area contributed by atoms with Gasteiger partial charge in [-0.2, -0.15) is 0 Å². The van der Waals surface area contributed by atoms with Crippen LogP contribution < -0.4 is 0 Å². The van der Waals surface area contributed by atoms with Gasteiger partial charge in [-0.25, -0.2) is 0 Å². The molecule has 1 saturated carbocycles. The molecule has 0 radical (unpaired) electrons. The summed E-state index contributed by atoms with van der Waals surface area (Å²) in [6.45, 7) is 11.6. The summed E-state index contributed by atoms with van der Waals surface area (Å²) in [5.74, 6) is 0.215. The molecule has 5 heteroatoms. The Morgan fingerprint density at radius 2 is 1.88 bits per heavy atom. The number of carbonyl (C=O) groups excluding carboxylic acids is 1. The molecule has 1 unspecified atom stereocenters. The molecule has 1 spiro atoms. The fourth-order valence-electron chi connectivity index (χ4n) is 3.42. The number of carbonyl (C=O) groups is 1. The number of benzene rings is 1. The van der Waals surface area contributed by atoms with E-state index in [0.29, 0.717) is 19.4 Å². The third-order valence-electron chi connectivity index (χ3n) is 5.77. The molecule has 3 atom stereocenters. The molecule has 25 heavy (non-hydrogen) atoms. The molecule has 0 bridgehead atoms. The summed E-state index contributed by atoms with van der Waals surface area (Å²) in [7, 11) is -1.92. The van der Waals surface area contributed by atoms with Gasteiger partial charge in [-0.15, -0.1) is 0 Å². The Kier molecular flexibility index (Phi) is 4.97.